The zero-order valence-electron chi connectivity index (χ0n) is 13.0. The van der Waals surface area contributed by atoms with Crippen molar-refractivity contribution < 1.29 is 4.79 Å². The van der Waals surface area contributed by atoms with Gasteiger partial charge in [-0.05, 0) is 50.1 Å². The lowest BCUT2D eigenvalue weighted by Gasteiger charge is -2.35. The van der Waals surface area contributed by atoms with E-state index in [2.05, 4.69) is 19.2 Å². The lowest BCUT2D eigenvalue weighted by molar-refractivity contribution is 0.104. The van der Waals surface area contributed by atoms with Gasteiger partial charge in [0.2, 0.25) is 0 Å². The minimum atomic E-state index is -0.149. The molecule has 0 atom stereocenters. The van der Waals surface area contributed by atoms with Crippen LogP contribution < -0.4 is 5.32 Å². The average molecular weight is 346 g/mol. The van der Waals surface area contributed by atoms with E-state index < -0.39 is 0 Å². The number of benzene rings is 2. The van der Waals surface area contributed by atoms with Crippen LogP contribution in [0.25, 0.3) is 5.70 Å². The number of fused-ring (bicyclic) bond motifs is 1. The molecule has 23 heavy (non-hydrogen) atoms. The number of halogens is 2. The molecule has 3 rings (SSSR count). The molecule has 2 nitrogen and oxygen atoms in total. The van der Waals surface area contributed by atoms with Gasteiger partial charge in [-0.1, -0.05) is 41.4 Å². The van der Waals surface area contributed by atoms with Gasteiger partial charge in [0.25, 0.3) is 0 Å². The highest BCUT2D eigenvalue weighted by Crippen LogP contribution is 2.32. The Morgan fingerprint density at radius 2 is 1.91 bits per heavy atom. The molecule has 118 valence electrons. The van der Waals surface area contributed by atoms with Gasteiger partial charge in [-0.3, -0.25) is 4.79 Å². The summed E-state index contributed by atoms with van der Waals surface area (Å²) in [6, 6.07) is 12.8. The van der Waals surface area contributed by atoms with Crippen LogP contribution in [0.1, 0.15) is 35.3 Å². The van der Waals surface area contributed by atoms with Crippen LogP contribution in [0.15, 0.2) is 48.5 Å². The molecule has 0 fully saturated rings. The maximum Gasteiger partial charge on any atom is 0.189 e. The van der Waals surface area contributed by atoms with Crippen LogP contribution in [-0.4, -0.2) is 11.3 Å². The van der Waals surface area contributed by atoms with Gasteiger partial charge < -0.3 is 5.32 Å². The molecule has 0 saturated heterocycles. The Hall–Kier alpha value is -1.77. The first-order valence-electron chi connectivity index (χ1n) is 7.43. The largest absolute Gasteiger partial charge is 0.379 e. The Kier molecular flexibility index (Phi) is 4.22. The third-order valence-corrected chi connectivity index (χ3v) is 4.44. The van der Waals surface area contributed by atoms with Crippen LogP contribution in [0.3, 0.4) is 0 Å². The monoisotopic (exact) mass is 345 g/mol. The molecule has 4 heteroatoms. The fourth-order valence-electron chi connectivity index (χ4n) is 2.91. The van der Waals surface area contributed by atoms with E-state index in [9.17, 15) is 4.79 Å². The van der Waals surface area contributed by atoms with E-state index in [1.807, 2.05) is 30.3 Å². The fraction of sp³-hybridized carbons (Fsp3) is 0.211. The van der Waals surface area contributed by atoms with Crippen molar-refractivity contribution in [2.24, 2.45) is 0 Å². The predicted octanol–water partition coefficient (Wildman–Crippen LogP) is 5.14. The molecule has 2 aromatic carbocycles. The molecule has 0 amide bonds. The first kappa shape index (κ1) is 16.1. The van der Waals surface area contributed by atoms with Crippen molar-refractivity contribution in [2.45, 2.75) is 25.8 Å². The number of hydrogen-bond donors (Lipinski definition) is 1. The number of hydrogen-bond acceptors (Lipinski definition) is 2. The lowest BCUT2D eigenvalue weighted by Crippen LogP contribution is -2.43. The smallest absolute Gasteiger partial charge is 0.189 e. The van der Waals surface area contributed by atoms with Gasteiger partial charge in [0.05, 0.1) is 5.02 Å². The van der Waals surface area contributed by atoms with Gasteiger partial charge in [-0.2, -0.15) is 0 Å². The van der Waals surface area contributed by atoms with Crippen LogP contribution in [0.2, 0.25) is 10.0 Å². The maximum absolute atomic E-state index is 12.6. The zero-order valence-corrected chi connectivity index (χ0v) is 14.5. The Morgan fingerprint density at radius 3 is 2.65 bits per heavy atom. The number of carbonyl (C=O) groups is 1. The Morgan fingerprint density at radius 1 is 1.17 bits per heavy atom. The summed E-state index contributed by atoms with van der Waals surface area (Å²) in [4.78, 5) is 12.6. The summed E-state index contributed by atoms with van der Waals surface area (Å²) in [5.74, 6) is -0.114. The second kappa shape index (κ2) is 6.03. The molecular weight excluding hydrogens is 329 g/mol. The maximum atomic E-state index is 12.6. The van der Waals surface area contributed by atoms with Gasteiger partial charge in [0, 0.05) is 33.5 Å². The zero-order chi connectivity index (χ0) is 16.6. The van der Waals surface area contributed by atoms with Gasteiger partial charge >= 0.3 is 0 Å². The van der Waals surface area contributed by atoms with E-state index >= 15 is 0 Å². The molecule has 1 aliphatic rings. The van der Waals surface area contributed by atoms with Crippen molar-refractivity contribution in [2.75, 3.05) is 0 Å². The van der Waals surface area contributed by atoms with E-state index in [1.54, 1.807) is 18.2 Å². The third-order valence-electron chi connectivity index (χ3n) is 3.88. The number of ketones is 1. The van der Waals surface area contributed by atoms with Gasteiger partial charge in [-0.15, -0.1) is 0 Å². The number of allylic oxidation sites excluding steroid dienone is 1. The highest BCUT2D eigenvalue weighted by atomic mass is 35.5. The number of rotatable bonds is 2. The first-order chi connectivity index (χ1) is 10.9. The normalized spacial score (nSPS) is 17.5. The minimum Gasteiger partial charge on any atom is -0.379 e. The van der Waals surface area contributed by atoms with Crippen LogP contribution in [0.4, 0.5) is 0 Å². The van der Waals surface area contributed by atoms with Crippen molar-refractivity contribution >= 4 is 34.7 Å². The van der Waals surface area contributed by atoms with Crippen molar-refractivity contribution in [1.29, 1.82) is 0 Å². The van der Waals surface area contributed by atoms with E-state index in [-0.39, 0.29) is 11.3 Å². The molecule has 1 heterocycles. The van der Waals surface area contributed by atoms with E-state index in [1.165, 1.54) is 0 Å². The van der Waals surface area contributed by atoms with Gasteiger partial charge in [0.15, 0.2) is 5.78 Å². The standard InChI is InChI=1S/C19H17Cl2NO/c1-19(2)11-12-9-13(20)7-8-14(12)17(22-19)10-18(23)15-5-3-4-6-16(15)21/h3-10,22H,11H2,1-2H3. The summed E-state index contributed by atoms with van der Waals surface area (Å²) >= 11 is 12.2. The van der Waals surface area contributed by atoms with Gasteiger partial charge in [0.1, 0.15) is 0 Å². The Bertz CT molecular complexity index is 809. The summed E-state index contributed by atoms with van der Waals surface area (Å²) in [6.45, 7) is 4.20. The molecule has 0 radical (unpaired) electrons. The molecule has 1 N–H and O–H groups in total. The average Bonchev–Trinajstić information content (AvgIpc) is 2.45. The van der Waals surface area contributed by atoms with Crippen LogP contribution in [0, 0.1) is 0 Å². The molecular formula is C19H17Cl2NO. The summed E-state index contributed by atoms with van der Waals surface area (Å²) < 4.78 is 0. The highest BCUT2D eigenvalue weighted by Gasteiger charge is 2.28. The summed E-state index contributed by atoms with van der Waals surface area (Å²) in [6.07, 6.45) is 2.47. The Balaban J connectivity index is 2.05. The van der Waals surface area contributed by atoms with Crippen LogP contribution >= 0.6 is 23.2 Å². The van der Waals surface area contributed by atoms with Crippen LogP contribution in [0.5, 0.6) is 0 Å². The summed E-state index contributed by atoms with van der Waals surface area (Å²) in [5.41, 5.74) is 3.30. The third kappa shape index (κ3) is 3.44. The van der Waals surface area contributed by atoms with E-state index in [4.69, 9.17) is 23.2 Å². The topological polar surface area (TPSA) is 29.1 Å². The second-order valence-corrected chi connectivity index (χ2v) is 7.23. The summed E-state index contributed by atoms with van der Waals surface area (Å²) in [5, 5.41) is 4.61. The van der Waals surface area contributed by atoms with Crippen LogP contribution in [-0.2, 0) is 6.42 Å². The molecule has 0 aliphatic carbocycles. The van der Waals surface area contributed by atoms with Crippen molar-refractivity contribution in [3.63, 3.8) is 0 Å². The SMILES string of the molecule is CC1(C)Cc2cc(Cl)ccc2C(=CC(=O)c2ccccc2Cl)N1. The molecule has 0 unspecified atom stereocenters. The first-order valence-corrected chi connectivity index (χ1v) is 8.19. The Labute approximate surface area is 146 Å². The van der Waals surface area contributed by atoms with Gasteiger partial charge in [-0.25, -0.2) is 0 Å². The number of carbonyl (C=O) groups excluding carboxylic acids is 1. The molecule has 0 aromatic heterocycles. The van der Waals surface area contributed by atoms with E-state index in [0.29, 0.717) is 15.6 Å². The molecule has 0 bridgehead atoms. The quantitative estimate of drug-likeness (QED) is 0.602. The van der Waals surface area contributed by atoms with Crippen molar-refractivity contribution in [1.82, 2.24) is 5.32 Å². The molecule has 0 spiro atoms. The summed E-state index contributed by atoms with van der Waals surface area (Å²) in [7, 11) is 0. The highest BCUT2D eigenvalue weighted by molar-refractivity contribution is 6.34. The number of nitrogens with one attached hydrogen (secondary N) is 1. The van der Waals surface area contributed by atoms with E-state index in [0.717, 1.165) is 23.2 Å². The fourth-order valence-corrected chi connectivity index (χ4v) is 3.33. The lowest BCUT2D eigenvalue weighted by atomic mass is 9.85. The minimum absolute atomic E-state index is 0.114. The molecule has 2 aromatic rings. The van der Waals surface area contributed by atoms with Crippen molar-refractivity contribution in [3.05, 3.63) is 75.3 Å². The van der Waals surface area contributed by atoms with Crippen molar-refractivity contribution in [3.8, 4) is 0 Å². The molecule has 1 aliphatic heterocycles. The predicted molar refractivity (Wildman–Crippen MR) is 96.1 cm³/mol. The molecule has 0 saturated carbocycles. The second-order valence-electron chi connectivity index (χ2n) is 6.39.